The molecule has 5 heteroatoms. The molecule has 0 aliphatic heterocycles. The van der Waals surface area contributed by atoms with Crippen LogP contribution in [0, 0.1) is 6.92 Å². The van der Waals surface area contributed by atoms with Crippen molar-refractivity contribution >= 4 is 11.9 Å². The minimum absolute atomic E-state index is 0.0476. The lowest BCUT2D eigenvalue weighted by atomic mass is 10.1. The summed E-state index contributed by atoms with van der Waals surface area (Å²) in [5.74, 6) is -0.862. The van der Waals surface area contributed by atoms with Gasteiger partial charge in [0.15, 0.2) is 0 Å². The summed E-state index contributed by atoms with van der Waals surface area (Å²) < 4.78 is 4.78. The fourth-order valence-electron chi connectivity index (χ4n) is 1.36. The van der Waals surface area contributed by atoms with Gasteiger partial charge in [-0.25, -0.2) is 4.79 Å². The van der Waals surface area contributed by atoms with Gasteiger partial charge in [0.25, 0.3) is 5.91 Å². The van der Waals surface area contributed by atoms with Crippen LogP contribution in [0.5, 0.6) is 5.75 Å². The Morgan fingerprint density at radius 1 is 1.44 bits per heavy atom. The number of ether oxygens (including phenoxy) is 1. The zero-order valence-corrected chi connectivity index (χ0v) is 10.7. The van der Waals surface area contributed by atoms with Crippen LogP contribution < -0.4 is 5.32 Å². The second-order valence-corrected chi connectivity index (χ2v) is 3.95. The van der Waals surface area contributed by atoms with Crippen molar-refractivity contribution in [1.29, 1.82) is 0 Å². The number of carbonyl (C=O) groups excluding carboxylic acids is 2. The third-order valence-corrected chi connectivity index (χ3v) is 2.46. The van der Waals surface area contributed by atoms with Gasteiger partial charge in [0.1, 0.15) is 11.8 Å². The number of nitrogens with one attached hydrogen (secondary N) is 1. The zero-order valence-electron chi connectivity index (χ0n) is 10.7. The summed E-state index contributed by atoms with van der Waals surface area (Å²) in [7, 11) is 0. The molecule has 1 atom stereocenters. The van der Waals surface area contributed by atoms with Crippen molar-refractivity contribution in [3.05, 3.63) is 29.3 Å². The van der Waals surface area contributed by atoms with Gasteiger partial charge in [-0.15, -0.1) is 0 Å². The molecule has 0 bridgehead atoms. The van der Waals surface area contributed by atoms with Crippen LogP contribution in [0.15, 0.2) is 18.2 Å². The van der Waals surface area contributed by atoms with E-state index in [2.05, 4.69) is 5.32 Å². The molecule has 1 rings (SSSR count). The number of hydrogen-bond donors (Lipinski definition) is 2. The summed E-state index contributed by atoms with van der Waals surface area (Å²) in [5, 5.41) is 12.0. The van der Waals surface area contributed by atoms with Gasteiger partial charge in [0, 0.05) is 5.56 Å². The molecule has 0 aromatic heterocycles. The highest BCUT2D eigenvalue weighted by Crippen LogP contribution is 2.17. The first-order valence-corrected chi connectivity index (χ1v) is 5.72. The predicted molar refractivity (Wildman–Crippen MR) is 66.4 cm³/mol. The van der Waals surface area contributed by atoms with E-state index in [9.17, 15) is 14.7 Å². The van der Waals surface area contributed by atoms with Crippen molar-refractivity contribution < 1.29 is 19.4 Å². The van der Waals surface area contributed by atoms with E-state index in [1.165, 1.54) is 6.07 Å². The molecule has 1 amide bonds. The monoisotopic (exact) mass is 251 g/mol. The molecular weight excluding hydrogens is 234 g/mol. The van der Waals surface area contributed by atoms with E-state index in [4.69, 9.17) is 4.74 Å². The SMILES string of the molecule is CCOC(=O)C(C)NC(=O)c1ccc(C)c(O)c1. The van der Waals surface area contributed by atoms with Gasteiger partial charge in [0.2, 0.25) is 0 Å². The fraction of sp³-hybridized carbons (Fsp3) is 0.385. The van der Waals surface area contributed by atoms with Gasteiger partial charge >= 0.3 is 5.97 Å². The maximum atomic E-state index is 11.8. The van der Waals surface area contributed by atoms with Gasteiger partial charge in [0.05, 0.1) is 6.61 Å². The molecule has 0 spiro atoms. The second kappa shape index (κ2) is 6.05. The third-order valence-electron chi connectivity index (χ3n) is 2.46. The lowest BCUT2D eigenvalue weighted by Gasteiger charge is -2.12. The van der Waals surface area contributed by atoms with Crippen LogP contribution in [0.1, 0.15) is 29.8 Å². The highest BCUT2D eigenvalue weighted by atomic mass is 16.5. The number of phenols is 1. The smallest absolute Gasteiger partial charge is 0.328 e. The predicted octanol–water partition coefficient (Wildman–Crippen LogP) is 1.38. The largest absolute Gasteiger partial charge is 0.508 e. The van der Waals surface area contributed by atoms with Crippen molar-refractivity contribution in [2.24, 2.45) is 0 Å². The van der Waals surface area contributed by atoms with Gasteiger partial charge < -0.3 is 15.2 Å². The Labute approximate surface area is 106 Å². The Kier molecular flexibility index (Phi) is 4.71. The lowest BCUT2D eigenvalue weighted by Crippen LogP contribution is -2.39. The molecular formula is C13H17NO4. The van der Waals surface area contributed by atoms with Crippen molar-refractivity contribution in [1.82, 2.24) is 5.32 Å². The number of esters is 1. The summed E-state index contributed by atoms with van der Waals surface area (Å²) >= 11 is 0. The van der Waals surface area contributed by atoms with Crippen LogP contribution in [0.4, 0.5) is 0 Å². The first-order valence-electron chi connectivity index (χ1n) is 5.72. The van der Waals surface area contributed by atoms with Crippen molar-refractivity contribution in [3.8, 4) is 5.75 Å². The molecule has 0 radical (unpaired) electrons. The molecule has 0 fully saturated rings. The van der Waals surface area contributed by atoms with Crippen LogP contribution in [-0.2, 0) is 9.53 Å². The average Bonchev–Trinajstić information content (AvgIpc) is 2.32. The Bertz CT molecular complexity index is 456. The molecule has 1 unspecified atom stereocenters. The number of amides is 1. The van der Waals surface area contributed by atoms with Gasteiger partial charge in [-0.05, 0) is 38.5 Å². The van der Waals surface area contributed by atoms with E-state index >= 15 is 0 Å². The molecule has 0 saturated heterocycles. The average molecular weight is 251 g/mol. The summed E-state index contributed by atoms with van der Waals surface area (Å²) in [6, 6.07) is 3.87. The number of aromatic hydroxyl groups is 1. The molecule has 1 aromatic rings. The molecule has 98 valence electrons. The van der Waals surface area contributed by atoms with Crippen LogP contribution in [-0.4, -0.2) is 29.6 Å². The number of rotatable bonds is 4. The molecule has 0 aliphatic carbocycles. The van der Waals surface area contributed by atoms with Crippen molar-refractivity contribution in [3.63, 3.8) is 0 Å². The fourth-order valence-corrected chi connectivity index (χ4v) is 1.36. The van der Waals surface area contributed by atoms with E-state index in [-0.39, 0.29) is 12.4 Å². The van der Waals surface area contributed by atoms with E-state index in [1.54, 1.807) is 32.9 Å². The van der Waals surface area contributed by atoms with Gasteiger partial charge in [-0.3, -0.25) is 4.79 Å². The van der Waals surface area contributed by atoms with Crippen molar-refractivity contribution in [2.45, 2.75) is 26.8 Å². The van der Waals surface area contributed by atoms with Gasteiger partial charge in [-0.1, -0.05) is 6.07 Å². The maximum Gasteiger partial charge on any atom is 0.328 e. The zero-order chi connectivity index (χ0) is 13.7. The minimum Gasteiger partial charge on any atom is -0.508 e. The van der Waals surface area contributed by atoms with Crippen LogP contribution in [0.2, 0.25) is 0 Å². The molecule has 0 heterocycles. The highest BCUT2D eigenvalue weighted by molar-refractivity contribution is 5.97. The Morgan fingerprint density at radius 3 is 2.67 bits per heavy atom. The number of phenolic OH excluding ortho intramolecular Hbond substituents is 1. The van der Waals surface area contributed by atoms with E-state index in [0.717, 1.165) is 0 Å². The Balaban J connectivity index is 2.70. The van der Waals surface area contributed by atoms with Crippen LogP contribution >= 0.6 is 0 Å². The normalized spacial score (nSPS) is 11.7. The van der Waals surface area contributed by atoms with Crippen molar-refractivity contribution in [2.75, 3.05) is 6.61 Å². The van der Waals surface area contributed by atoms with Gasteiger partial charge in [-0.2, -0.15) is 0 Å². The number of carbonyl (C=O) groups is 2. The molecule has 18 heavy (non-hydrogen) atoms. The first kappa shape index (κ1) is 14.0. The molecule has 0 saturated carbocycles. The summed E-state index contributed by atoms with van der Waals surface area (Å²) in [4.78, 5) is 23.1. The number of aryl methyl sites for hydroxylation is 1. The van der Waals surface area contributed by atoms with E-state index in [1.807, 2.05) is 0 Å². The Morgan fingerprint density at radius 2 is 2.11 bits per heavy atom. The van der Waals surface area contributed by atoms with Crippen LogP contribution in [0.3, 0.4) is 0 Å². The summed E-state index contributed by atoms with van der Waals surface area (Å²) in [6.07, 6.45) is 0. The molecule has 0 aliphatic rings. The highest BCUT2D eigenvalue weighted by Gasteiger charge is 2.17. The maximum absolute atomic E-state index is 11.8. The lowest BCUT2D eigenvalue weighted by molar-refractivity contribution is -0.144. The molecule has 2 N–H and O–H groups in total. The summed E-state index contributed by atoms with van der Waals surface area (Å²) in [5.41, 5.74) is 0.985. The summed E-state index contributed by atoms with van der Waals surface area (Å²) in [6.45, 7) is 5.25. The Hall–Kier alpha value is -2.04. The van der Waals surface area contributed by atoms with Crippen LogP contribution in [0.25, 0.3) is 0 Å². The molecule has 5 nitrogen and oxygen atoms in total. The number of hydrogen-bond acceptors (Lipinski definition) is 4. The van der Waals surface area contributed by atoms with E-state index < -0.39 is 17.9 Å². The van der Waals surface area contributed by atoms with E-state index in [0.29, 0.717) is 11.1 Å². The minimum atomic E-state index is -0.721. The third kappa shape index (κ3) is 3.48. The first-order chi connectivity index (χ1) is 8.45. The standard InChI is InChI=1S/C13H17NO4/c1-4-18-13(17)9(3)14-12(16)10-6-5-8(2)11(15)7-10/h5-7,9,15H,4H2,1-3H3,(H,14,16). The molecule has 1 aromatic carbocycles. The number of benzene rings is 1. The quantitative estimate of drug-likeness (QED) is 0.793. The second-order valence-electron chi connectivity index (χ2n) is 3.95. The topological polar surface area (TPSA) is 75.6 Å².